The molecule has 1 N–H and O–H groups in total. The molecule has 2 aromatic rings. The Morgan fingerprint density at radius 3 is 2.55 bits per heavy atom. The minimum Gasteiger partial charge on any atom is -0.339 e. The van der Waals surface area contributed by atoms with Gasteiger partial charge in [-0.3, -0.25) is 9.78 Å². The molecule has 0 fully saturated rings. The largest absolute Gasteiger partial charge is 0.339 e. The molecule has 0 saturated carbocycles. The van der Waals surface area contributed by atoms with Gasteiger partial charge in [-0.25, -0.2) is 4.98 Å². The molecule has 1 heterocycles. The number of aromatic nitrogens is 2. The van der Waals surface area contributed by atoms with E-state index in [4.69, 9.17) is 0 Å². The van der Waals surface area contributed by atoms with Gasteiger partial charge in [-0.1, -0.05) is 12.1 Å². The smallest absolute Gasteiger partial charge is 0.273 e. The fourth-order valence-electron chi connectivity index (χ4n) is 1.64. The average Bonchev–Trinajstić information content (AvgIpc) is 2.43. The summed E-state index contributed by atoms with van der Waals surface area (Å²) in [6, 6.07) is 7.52. The molecule has 1 aromatic heterocycles. The van der Waals surface area contributed by atoms with E-state index in [2.05, 4.69) is 15.3 Å². The number of benzene rings is 1. The van der Waals surface area contributed by atoms with Crippen molar-refractivity contribution in [1.29, 1.82) is 0 Å². The molecule has 0 bridgehead atoms. The van der Waals surface area contributed by atoms with Crippen molar-refractivity contribution in [2.45, 2.75) is 0 Å². The molecule has 0 radical (unpaired) electrons. The molecule has 0 unspecified atom stereocenters. The van der Waals surface area contributed by atoms with Crippen LogP contribution in [0.3, 0.4) is 0 Å². The molecular formula is C13H18Cl2N4O. The number of hydrogen-bond acceptors (Lipinski definition) is 4. The van der Waals surface area contributed by atoms with Gasteiger partial charge in [0.2, 0.25) is 0 Å². The van der Waals surface area contributed by atoms with Crippen LogP contribution in [-0.2, 0) is 0 Å². The number of amides is 1. The van der Waals surface area contributed by atoms with Crippen molar-refractivity contribution in [1.82, 2.24) is 20.2 Å². The van der Waals surface area contributed by atoms with Gasteiger partial charge in [0, 0.05) is 20.1 Å². The Hall–Kier alpha value is -1.43. The van der Waals surface area contributed by atoms with E-state index >= 15 is 0 Å². The normalized spacial score (nSPS) is 9.50. The minimum atomic E-state index is -0.108. The zero-order valence-corrected chi connectivity index (χ0v) is 13.0. The van der Waals surface area contributed by atoms with Crippen LogP contribution in [0, 0.1) is 0 Å². The predicted molar refractivity (Wildman–Crippen MR) is 84.9 cm³/mol. The Morgan fingerprint density at radius 1 is 1.25 bits per heavy atom. The van der Waals surface area contributed by atoms with Crippen LogP contribution < -0.4 is 5.32 Å². The molecule has 0 atom stereocenters. The van der Waals surface area contributed by atoms with E-state index in [1.807, 2.05) is 31.3 Å². The van der Waals surface area contributed by atoms with Crippen LogP contribution in [0.15, 0.2) is 30.5 Å². The maximum atomic E-state index is 12.1. The highest BCUT2D eigenvalue weighted by Crippen LogP contribution is 2.09. The SMILES string of the molecule is CNCCN(C)C(=O)c1cnc2ccccc2n1.Cl.Cl. The first-order valence-electron chi connectivity index (χ1n) is 5.84. The third-order valence-corrected chi connectivity index (χ3v) is 2.71. The summed E-state index contributed by atoms with van der Waals surface area (Å²) in [6.07, 6.45) is 1.53. The summed E-state index contributed by atoms with van der Waals surface area (Å²) in [7, 11) is 3.62. The molecule has 2 rings (SSSR count). The van der Waals surface area contributed by atoms with Crippen molar-refractivity contribution in [3.05, 3.63) is 36.2 Å². The van der Waals surface area contributed by atoms with Gasteiger partial charge < -0.3 is 10.2 Å². The van der Waals surface area contributed by atoms with Gasteiger partial charge in [0.1, 0.15) is 5.69 Å². The van der Waals surface area contributed by atoms with E-state index in [-0.39, 0.29) is 30.7 Å². The molecule has 1 amide bonds. The van der Waals surface area contributed by atoms with Crippen LogP contribution in [0.1, 0.15) is 10.5 Å². The number of nitrogens with zero attached hydrogens (tertiary/aromatic N) is 3. The van der Waals surface area contributed by atoms with Crippen molar-refractivity contribution < 1.29 is 4.79 Å². The van der Waals surface area contributed by atoms with Gasteiger partial charge in [0.15, 0.2) is 0 Å². The van der Waals surface area contributed by atoms with Crippen LogP contribution in [-0.4, -0.2) is 48.0 Å². The van der Waals surface area contributed by atoms with Crippen molar-refractivity contribution in [2.75, 3.05) is 27.2 Å². The highest BCUT2D eigenvalue weighted by atomic mass is 35.5. The number of rotatable bonds is 4. The Labute approximate surface area is 130 Å². The van der Waals surface area contributed by atoms with Gasteiger partial charge in [0.25, 0.3) is 5.91 Å². The van der Waals surface area contributed by atoms with Gasteiger partial charge in [-0.15, -0.1) is 24.8 Å². The van der Waals surface area contributed by atoms with E-state index in [1.165, 1.54) is 6.20 Å². The molecular weight excluding hydrogens is 299 g/mol. The molecule has 110 valence electrons. The Bertz CT molecular complexity index is 565. The molecule has 20 heavy (non-hydrogen) atoms. The summed E-state index contributed by atoms with van der Waals surface area (Å²) in [4.78, 5) is 22.3. The monoisotopic (exact) mass is 316 g/mol. The topological polar surface area (TPSA) is 58.1 Å². The second-order valence-corrected chi connectivity index (χ2v) is 4.07. The number of nitrogens with one attached hydrogen (secondary N) is 1. The first-order valence-corrected chi connectivity index (χ1v) is 5.84. The number of halogens is 2. The van der Waals surface area contributed by atoms with Crippen LogP contribution in [0.25, 0.3) is 11.0 Å². The van der Waals surface area contributed by atoms with Crippen LogP contribution in [0.2, 0.25) is 0 Å². The third kappa shape index (κ3) is 4.30. The molecule has 0 aliphatic rings. The molecule has 1 aromatic carbocycles. The van der Waals surface area contributed by atoms with Gasteiger partial charge in [0.05, 0.1) is 17.2 Å². The third-order valence-electron chi connectivity index (χ3n) is 2.71. The lowest BCUT2D eigenvalue weighted by Gasteiger charge is -2.16. The number of carbonyl (C=O) groups excluding carboxylic acids is 1. The van der Waals surface area contributed by atoms with Crippen LogP contribution in [0.4, 0.5) is 0 Å². The first-order chi connectivity index (χ1) is 8.72. The second kappa shape index (κ2) is 8.68. The molecule has 0 aliphatic heterocycles. The highest BCUT2D eigenvalue weighted by Gasteiger charge is 2.13. The van der Waals surface area contributed by atoms with E-state index in [0.29, 0.717) is 12.2 Å². The Morgan fingerprint density at radius 2 is 1.90 bits per heavy atom. The number of hydrogen-bond donors (Lipinski definition) is 1. The molecule has 7 heteroatoms. The zero-order chi connectivity index (χ0) is 13.0. The summed E-state index contributed by atoms with van der Waals surface area (Å²) in [6.45, 7) is 1.40. The van der Waals surface area contributed by atoms with Crippen LogP contribution >= 0.6 is 24.8 Å². The number of likely N-dealkylation sites (N-methyl/N-ethyl adjacent to an activating group) is 2. The maximum Gasteiger partial charge on any atom is 0.273 e. The average molecular weight is 317 g/mol. The molecule has 0 saturated heterocycles. The fourth-order valence-corrected chi connectivity index (χ4v) is 1.64. The number of fused-ring (bicyclic) bond motifs is 1. The summed E-state index contributed by atoms with van der Waals surface area (Å²) < 4.78 is 0. The quantitative estimate of drug-likeness (QED) is 0.934. The van der Waals surface area contributed by atoms with Crippen molar-refractivity contribution >= 4 is 41.8 Å². The highest BCUT2D eigenvalue weighted by molar-refractivity contribution is 5.93. The lowest BCUT2D eigenvalue weighted by atomic mass is 10.3. The lowest BCUT2D eigenvalue weighted by molar-refractivity contribution is 0.0791. The van der Waals surface area contributed by atoms with E-state index in [9.17, 15) is 4.79 Å². The Kier molecular flexibility index (Phi) is 8.06. The van der Waals surface area contributed by atoms with Gasteiger partial charge in [-0.2, -0.15) is 0 Å². The summed E-state index contributed by atoms with van der Waals surface area (Å²) in [5.74, 6) is -0.108. The standard InChI is InChI=1S/C13H16N4O.2ClH/c1-14-7-8-17(2)13(18)12-9-15-10-5-3-4-6-11(10)16-12;;/h3-6,9,14H,7-8H2,1-2H3;2*1H. The zero-order valence-electron chi connectivity index (χ0n) is 11.4. The van der Waals surface area contributed by atoms with Crippen molar-refractivity contribution in [3.63, 3.8) is 0 Å². The predicted octanol–water partition coefficient (Wildman–Crippen LogP) is 1.76. The first kappa shape index (κ1) is 18.6. The van der Waals surface area contributed by atoms with Crippen LogP contribution in [0.5, 0.6) is 0 Å². The van der Waals surface area contributed by atoms with E-state index in [0.717, 1.165) is 17.6 Å². The molecule has 5 nitrogen and oxygen atoms in total. The summed E-state index contributed by atoms with van der Waals surface area (Å²) in [5, 5.41) is 3.00. The summed E-state index contributed by atoms with van der Waals surface area (Å²) in [5.41, 5.74) is 1.92. The molecule has 0 aliphatic carbocycles. The fraction of sp³-hybridized carbons (Fsp3) is 0.308. The van der Waals surface area contributed by atoms with E-state index in [1.54, 1.807) is 11.9 Å². The van der Waals surface area contributed by atoms with E-state index < -0.39 is 0 Å². The van der Waals surface area contributed by atoms with Crippen molar-refractivity contribution in [2.24, 2.45) is 0 Å². The number of para-hydroxylation sites is 2. The molecule has 0 spiro atoms. The van der Waals surface area contributed by atoms with Gasteiger partial charge >= 0.3 is 0 Å². The van der Waals surface area contributed by atoms with Gasteiger partial charge in [-0.05, 0) is 19.2 Å². The second-order valence-electron chi connectivity index (χ2n) is 4.07. The van der Waals surface area contributed by atoms with Crippen molar-refractivity contribution in [3.8, 4) is 0 Å². The minimum absolute atomic E-state index is 0. The number of carbonyl (C=O) groups is 1. The summed E-state index contributed by atoms with van der Waals surface area (Å²) >= 11 is 0. The Balaban J connectivity index is 0.00000180. The lowest BCUT2D eigenvalue weighted by Crippen LogP contribution is -2.33. The maximum absolute atomic E-state index is 12.1.